The third kappa shape index (κ3) is 5.18. The molecule has 0 aliphatic rings. The molecule has 3 N–H and O–H groups in total. The Kier molecular flexibility index (Phi) is 6.15. The highest BCUT2D eigenvalue weighted by atomic mass is 16.5. The highest BCUT2D eigenvalue weighted by Gasteiger charge is 2.11. The fourth-order valence-electron chi connectivity index (χ4n) is 1.75. The van der Waals surface area contributed by atoms with E-state index in [9.17, 15) is 4.79 Å². The van der Waals surface area contributed by atoms with E-state index in [-0.39, 0.29) is 5.91 Å². The van der Waals surface area contributed by atoms with E-state index in [1.807, 2.05) is 14.1 Å². The Morgan fingerprint density at radius 2 is 2.11 bits per heavy atom. The van der Waals surface area contributed by atoms with Crippen molar-refractivity contribution in [3.8, 4) is 5.75 Å². The molecule has 1 aromatic rings. The molecule has 0 saturated heterocycles. The van der Waals surface area contributed by atoms with E-state index in [0.29, 0.717) is 23.5 Å². The zero-order valence-corrected chi connectivity index (χ0v) is 11.9. The maximum Gasteiger partial charge on any atom is 0.255 e. The lowest BCUT2D eigenvalue weighted by Gasteiger charge is -2.11. The first-order valence-electron chi connectivity index (χ1n) is 6.41. The van der Waals surface area contributed by atoms with Crippen LogP contribution < -0.4 is 15.8 Å². The van der Waals surface area contributed by atoms with Crippen LogP contribution in [0.3, 0.4) is 0 Å². The number of anilines is 1. The van der Waals surface area contributed by atoms with Crippen LogP contribution in [-0.2, 0) is 0 Å². The van der Waals surface area contributed by atoms with Crippen molar-refractivity contribution in [1.82, 2.24) is 10.2 Å². The second kappa shape index (κ2) is 7.63. The summed E-state index contributed by atoms with van der Waals surface area (Å²) in [7, 11) is 5.61. The van der Waals surface area contributed by atoms with Crippen molar-refractivity contribution in [3.63, 3.8) is 0 Å². The van der Waals surface area contributed by atoms with Gasteiger partial charge in [-0.15, -0.1) is 0 Å². The number of amides is 1. The van der Waals surface area contributed by atoms with Gasteiger partial charge in [-0.05, 0) is 45.6 Å². The highest BCUT2D eigenvalue weighted by molar-refractivity contribution is 5.97. The molecule has 1 aromatic carbocycles. The smallest absolute Gasteiger partial charge is 0.255 e. The molecule has 1 rings (SSSR count). The maximum atomic E-state index is 12.0. The van der Waals surface area contributed by atoms with Gasteiger partial charge in [0.25, 0.3) is 5.91 Å². The number of nitrogens with one attached hydrogen (secondary N) is 1. The van der Waals surface area contributed by atoms with Crippen LogP contribution in [0.2, 0.25) is 0 Å². The molecular formula is C14H23N3O2. The number of nitrogens with two attached hydrogens (primary N) is 1. The number of hydrogen-bond acceptors (Lipinski definition) is 4. The van der Waals surface area contributed by atoms with Crippen molar-refractivity contribution >= 4 is 11.6 Å². The largest absolute Gasteiger partial charge is 0.496 e. The molecule has 0 unspecified atom stereocenters. The molecule has 106 valence electrons. The Labute approximate surface area is 114 Å². The van der Waals surface area contributed by atoms with Gasteiger partial charge in [-0.3, -0.25) is 4.79 Å². The number of hydrogen-bond donors (Lipinski definition) is 2. The lowest BCUT2D eigenvalue weighted by atomic mass is 10.1. The van der Waals surface area contributed by atoms with Gasteiger partial charge >= 0.3 is 0 Å². The summed E-state index contributed by atoms with van der Waals surface area (Å²) >= 11 is 0. The van der Waals surface area contributed by atoms with Crippen LogP contribution in [0, 0.1) is 0 Å². The van der Waals surface area contributed by atoms with Gasteiger partial charge in [0.1, 0.15) is 5.75 Å². The summed E-state index contributed by atoms with van der Waals surface area (Å²) in [5, 5.41) is 2.89. The Bertz CT molecular complexity index is 419. The molecule has 0 aliphatic heterocycles. The molecule has 5 nitrogen and oxygen atoms in total. The topological polar surface area (TPSA) is 67.6 Å². The predicted octanol–water partition coefficient (Wildman–Crippen LogP) is 1.35. The first kappa shape index (κ1) is 15.3. The summed E-state index contributed by atoms with van der Waals surface area (Å²) in [6.45, 7) is 1.70. The average Bonchev–Trinajstić information content (AvgIpc) is 2.37. The van der Waals surface area contributed by atoms with E-state index in [1.165, 1.54) is 7.11 Å². The van der Waals surface area contributed by atoms with Crippen LogP contribution in [-0.4, -0.2) is 45.1 Å². The Hall–Kier alpha value is -1.75. The quantitative estimate of drug-likeness (QED) is 0.577. The molecule has 0 fully saturated rings. The number of ether oxygens (including phenoxy) is 1. The molecule has 0 spiro atoms. The van der Waals surface area contributed by atoms with Gasteiger partial charge in [-0.1, -0.05) is 0 Å². The highest BCUT2D eigenvalue weighted by Crippen LogP contribution is 2.21. The van der Waals surface area contributed by atoms with Gasteiger partial charge in [0, 0.05) is 18.3 Å². The van der Waals surface area contributed by atoms with E-state index in [2.05, 4.69) is 10.2 Å². The molecule has 0 radical (unpaired) electrons. The fourth-order valence-corrected chi connectivity index (χ4v) is 1.75. The Morgan fingerprint density at radius 1 is 1.37 bits per heavy atom. The molecule has 0 heterocycles. The zero-order valence-electron chi connectivity index (χ0n) is 11.9. The summed E-state index contributed by atoms with van der Waals surface area (Å²) in [6.07, 6.45) is 2.02. The second-order valence-electron chi connectivity index (χ2n) is 4.73. The molecule has 0 aliphatic carbocycles. The third-order valence-corrected chi connectivity index (χ3v) is 2.79. The standard InChI is InChI=1S/C14H23N3O2/c1-17(2)9-5-4-8-16-14(18)12-7-6-11(15)10-13(12)19-3/h6-7,10H,4-5,8-9,15H2,1-3H3,(H,16,18). The van der Waals surface area contributed by atoms with Crippen LogP contribution in [0.4, 0.5) is 5.69 Å². The molecule has 0 atom stereocenters. The molecular weight excluding hydrogens is 242 g/mol. The van der Waals surface area contributed by atoms with Gasteiger partial charge < -0.3 is 20.7 Å². The van der Waals surface area contributed by atoms with E-state index >= 15 is 0 Å². The minimum atomic E-state index is -0.123. The number of methoxy groups -OCH3 is 1. The van der Waals surface area contributed by atoms with Crippen LogP contribution in [0.5, 0.6) is 5.75 Å². The van der Waals surface area contributed by atoms with Crippen LogP contribution in [0.25, 0.3) is 0 Å². The molecule has 0 saturated carbocycles. The van der Waals surface area contributed by atoms with Crippen molar-refractivity contribution in [2.75, 3.05) is 40.0 Å². The van der Waals surface area contributed by atoms with Gasteiger partial charge in [0.2, 0.25) is 0 Å². The first-order chi connectivity index (χ1) is 9.04. The normalized spacial score (nSPS) is 10.5. The molecule has 19 heavy (non-hydrogen) atoms. The average molecular weight is 265 g/mol. The fraction of sp³-hybridized carbons (Fsp3) is 0.500. The van der Waals surface area contributed by atoms with Gasteiger partial charge in [0.15, 0.2) is 0 Å². The number of carbonyl (C=O) groups excluding carboxylic acids is 1. The monoisotopic (exact) mass is 265 g/mol. The van der Waals surface area contributed by atoms with Crippen molar-refractivity contribution in [3.05, 3.63) is 23.8 Å². The SMILES string of the molecule is COc1cc(N)ccc1C(=O)NCCCCN(C)C. The second-order valence-corrected chi connectivity index (χ2v) is 4.73. The zero-order chi connectivity index (χ0) is 14.3. The van der Waals surface area contributed by atoms with Crippen molar-refractivity contribution in [2.24, 2.45) is 0 Å². The van der Waals surface area contributed by atoms with Gasteiger partial charge in [-0.25, -0.2) is 0 Å². The molecule has 5 heteroatoms. The summed E-state index contributed by atoms with van der Waals surface area (Å²) in [4.78, 5) is 14.1. The molecule has 1 amide bonds. The number of benzene rings is 1. The van der Waals surface area contributed by atoms with Gasteiger partial charge in [0.05, 0.1) is 12.7 Å². The summed E-state index contributed by atoms with van der Waals surface area (Å²) in [5.74, 6) is 0.382. The molecule has 0 aromatic heterocycles. The van der Waals surface area contributed by atoms with Crippen molar-refractivity contribution < 1.29 is 9.53 Å². The number of carbonyl (C=O) groups is 1. The Balaban J connectivity index is 2.45. The number of rotatable bonds is 7. The Morgan fingerprint density at radius 3 is 2.74 bits per heavy atom. The van der Waals surface area contributed by atoms with E-state index < -0.39 is 0 Å². The van der Waals surface area contributed by atoms with Crippen LogP contribution in [0.15, 0.2) is 18.2 Å². The summed E-state index contributed by atoms with van der Waals surface area (Å²) in [5.41, 5.74) is 6.76. The number of nitrogen functional groups attached to an aromatic ring is 1. The van der Waals surface area contributed by atoms with Crippen LogP contribution >= 0.6 is 0 Å². The molecule has 0 bridgehead atoms. The summed E-state index contributed by atoms with van der Waals surface area (Å²) < 4.78 is 5.16. The van der Waals surface area contributed by atoms with Gasteiger partial charge in [-0.2, -0.15) is 0 Å². The minimum absolute atomic E-state index is 0.123. The maximum absolute atomic E-state index is 12.0. The predicted molar refractivity (Wildman–Crippen MR) is 77.5 cm³/mol. The van der Waals surface area contributed by atoms with E-state index in [4.69, 9.17) is 10.5 Å². The van der Waals surface area contributed by atoms with Crippen LogP contribution in [0.1, 0.15) is 23.2 Å². The summed E-state index contributed by atoms with van der Waals surface area (Å²) in [6, 6.07) is 5.04. The third-order valence-electron chi connectivity index (χ3n) is 2.79. The van der Waals surface area contributed by atoms with E-state index in [1.54, 1.807) is 18.2 Å². The van der Waals surface area contributed by atoms with Crippen molar-refractivity contribution in [2.45, 2.75) is 12.8 Å². The lowest BCUT2D eigenvalue weighted by molar-refractivity contribution is 0.0950. The number of nitrogens with zero attached hydrogens (tertiary/aromatic N) is 1. The minimum Gasteiger partial charge on any atom is -0.496 e. The first-order valence-corrected chi connectivity index (χ1v) is 6.41. The van der Waals surface area contributed by atoms with Crippen molar-refractivity contribution in [1.29, 1.82) is 0 Å². The number of unbranched alkanes of at least 4 members (excludes halogenated alkanes) is 1. The lowest BCUT2D eigenvalue weighted by Crippen LogP contribution is -2.25. The van der Waals surface area contributed by atoms with E-state index in [0.717, 1.165) is 19.4 Å².